The third-order valence-electron chi connectivity index (χ3n) is 4.74. The highest BCUT2D eigenvalue weighted by molar-refractivity contribution is 5.87. The Bertz CT molecular complexity index is 1070. The molecule has 3 aromatic rings. The fourth-order valence-corrected chi connectivity index (χ4v) is 3.27. The van der Waals surface area contributed by atoms with E-state index in [1.165, 1.54) is 29.2 Å². The molecule has 31 heavy (non-hydrogen) atoms. The first-order chi connectivity index (χ1) is 14.8. The zero-order chi connectivity index (χ0) is 22.0. The van der Waals surface area contributed by atoms with Crippen LogP contribution >= 0.6 is 0 Å². The average molecular weight is 438 g/mol. The van der Waals surface area contributed by atoms with Crippen LogP contribution in [0.4, 0.5) is 18.0 Å². The molecule has 0 radical (unpaired) electrons. The molecule has 1 aliphatic rings. The second-order valence-electron chi connectivity index (χ2n) is 6.79. The lowest BCUT2D eigenvalue weighted by atomic mass is 10.0. The van der Waals surface area contributed by atoms with Gasteiger partial charge in [-0.3, -0.25) is 4.90 Å². The summed E-state index contributed by atoms with van der Waals surface area (Å²) in [5.74, 6) is -0.131. The summed E-state index contributed by atoms with van der Waals surface area (Å²) in [7, 11) is 0. The highest BCUT2D eigenvalue weighted by Gasteiger charge is 2.31. The van der Waals surface area contributed by atoms with Crippen LogP contribution in [-0.2, 0) is 4.74 Å². The zero-order valence-corrected chi connectivity index (χ0v) is 16.0. The Labute approximate surface area is 173 Å². The van der Waals surface area contributed by atoms with Crippen LogP contribution in [0.2, 0.25) is 0 Å². The van der Waals surface area contributed by atoms with Crippen molar-refractivity contribution in [3.63, 3.8) is 0 Å². The molecule has 0 spiro atoms. The number of aromatic nitrogens is 1. The fraction of sp³-hybridized carbons (Fsp3) is 0.300. The van der Waals surface area contributed by atoms with Gasteiger partial charge in [-0.1, -0.05) is 18.2 Å². The minimum atomic E-state index is -4.76. The molecule has 164 valence electrons. The Morgan fingerprint density at radius 3 is 2.65 bits per heavy atom. The molecule has 1 N–H and O–H groups in total. The molecule has 11 heteroatoms. The Morgan fingerprint density at radius 1 is 1.19 bits per heavy atom. The van der Waals surface area contributed by atoms with Crippen molar-refractivity contribution in [2.24, 2.45) is 0 Å². The monoisotopic (exact) mass is 438 g/mol. The normalized spacial score (nSPS) is 17.0. The maximum Gasteiger partial charge on any atom is 0.573 e. The molecular formula is C20H17F3N2O6. The number of carbonyl (C=O) groups is 1. The highest BCUT2D eigenvalue weighted by Crippen LogP contribution is 2.32. The van der Waals surface area contributed by atoms with Crippen LogP contribution in [-0.4, -0.2) is 60.0 Å². The van der Waals surface area contributed by atoms with Crippen molar-refractivity contribution in [3.05, 3.63) is 42.5 Å². The van der Waals surface area contributed by atoms with E-state index >= 15 is 0 Å². The summed E-state index contributed by atoms with van der Waals surface area (Å²) in [5, 5.41) is 13.7. The maximum absolute atomic E-state index is 12.3. The maximum atomic E-state index is 12.3. The van der Waals surface area contributed by atoms with Gasteiger partial charge in [0.15, 0.2) is 5.58 Å². The van der Waals surface area contributed by atoms with Crippen LogP contribution in [0.25, 0.3) is 22.1 Å². The number of amides is 1. The number of fused-ring (bicyclic) bond motifs is 1. The quantitative estimate of drug-likeness (QED) is 0.640. The summed E-state index contributed by atoms with van der Waals surface area (Å²) in [6.45, 7) is 0.814. The van der Waals surface area contributed by atoms with Crippen LogP contribution in [0.3, 0.4) is 0 Å². The lowest BCUT2D eigenvalue weighted by molar-refractivity contribution is -0.274. The lowest BCUT2D eigenvalue weighted by Gasteiger charge is -2.32. The van der Waals surface area contributed by atoms with Gasteiger partial charge in [0.2, 0.25) is 0 Å². The Balaban J connectivity index is 1.52. The molecule has 1 atom stereocenters. The van der Waals surface area contributed by atoms with Crippen molar-refractivity contribution in [3.8, 4) is 22.8 Å². The second kappa shape index (κ2) is 8.34. The first kappa shape index (κ1) is 20.8. The fourth-order valence-electron chi connectivity index (χ4n) is 3.27. The van der Waals surface area contributed by atoms with E-state index in [4.69, 9.17) is 14.0 Å². The number of rotatable bonds is 5. The smallest absolute Gasteiger partial charge is 0.473 e. The van der Waals surface area contributed by atoms with E-state index in [0.29, 0.717) is 28.7 Å². The van der Waals surface area contributed by atoms with Crippen LogP contribution in [0.5, 0.6) is 11.6 Å². The van der Waals surface area contributed by atoms with Gasteiger partial charge < -0.3 is 23.8 Å². The Hall–Kier alpha value is -3.47. The average Bonchev–Trinajstić information content (AvgIpc) is 3.14. The lowest BCUT2D eigenvalue weighted by Crippen LogP contribution is -2.50. The molecule has 4 rings (SSSR count). The van der Waals surface area contributed by atoms with E-state index in [9.17, 15) is 23.1 Å². The van der Waals surface area contributed by atoms with Crippen molar-refractivity contribution in [1.82, 2.24) is 10.1 Å². The molecule has 0 bridgehead atoms. The summed E-state index contributed by atoms with van der Waals surface area (Å²) < 4.78 is 57.1. The van der Waals surface area contributed by atoms with Gasteiger partial charge in [-0.05, 0) is 40.5 Å². The SMILES string of the molecule is O=C(O)N1CCOCC1COc1noc2ccc(-c3ccc(OC(F)(F)F)cc3)cc12. The standard InChI is InChI=1S/C20H17F3N2O6/c21-20(22,23)30-15-4-1-12(2-5-15)13-3-6-17-16(9-13)18(24-31-17)29-11-14-10-28-8-7-25(14)19(26)27/h1-6,9,14H,7-8,10-11H2,(H,26,27). The summed E-state index contributed by atoms with van der Waals surface area (Å²) in [6, 6.07) is 10.1. The van der Waals surface area contributed by atoms with Gasteiger partial charge in [0.05, 0.1) is 24.6 Å². The molecule has 2 aromatic carbocycles. The number of hydrogen-bond acceptors (Lipinski definition) is 6. The predicted octanol–water partition coefficient (Wildman–Crippen LogP) is 4.15. The Kier molecular flexibility index (Phi) is 5.59. The van der Waals surface area contributed by atoms with Crippen molar-refractivity contribution in [2.75, 3.05) is 26.4 Å². The van der Waals surface area contributed by atoms with Gasteiger partial charge >= 0.3 is 12.5 Å². The van der Waals surface area contributed by atoms with Gasteiger partial charge in [-0.2, -0.15) is 0 Å². The van der Waals surface area contributed by atoms with Crippen molar-refractivity contribution < 1.29 is 41.8 Å². The number of ether oxygens (including phenoxy) is 3. The molecular weight excluding hydrogens is 421 g/mol. The number of halogens is 3. The summed E-state index contributed by atoms with van der Waals surface area (Å²) in [5.41, 5.74) is 1.80. The number of nitrogens with zero attached hydrogens (tertiary/aromatic N) is 2. The molecule has 0 saturated carbocycles. The minimum Gasteiger partial charge on any atom is -0.473 e. The third kappa shape index (κ3) is 4.82. The van der Waals surface area contributed by atoms with Crippen molar-refractivity contribution in [1.29, 1.82) is 0 Å². The van der Waals surface area contributed by atoms with Gasteiger partial charge in [0.1, 0.15) is 12.4 Å². The summed E-state index contributed by atoms with van der Waals surface area (Å²) in [6.07, 6.45) is -5.81. The van der Waals surface area contributed by atoms with E-state index in [1.807, 2.05) is 0 Å². The van der Waals surface area contributed by atoms with Crippen LogP contribution in [0.15, 0.2) is 47.0 Å². The van der Waals surface area contributed by atoms with Crippen molar-refractivity contribution >= 4 is 17.1 Å². The molecule has 1 saturated heterocycles. The molecule has 1 aliphatic heterocycles. The predicted molar refractivity (Wildman–Crippen MR) is 101 cm³/mol. The molecule has 1 aromatic heterocycles. The van der Waals surface area contributed by atoms with E-state index in [2.05, 4.69) is 9.89 Å². The minimum absolute atomic E-state index is 0.0294. The number of morpholine rings is 1. The first-order valence-corrected chi connectivity index (χ1v) is 9.26. The summed E-state index contributed by atoms with van der Waals surface area (Å²) in [4.78, 5) is 12.6. The van der Waals surface area contributed by atoms with E-state index in [0.717, 1.165) is 0 Å². The number of alkyl halides is 3. The first-order valence-electron chi connectivity index (χ1n) is 9.26. The molecule has 8 nitrogen and oxygen atoms in total. The van der Waals surface area contributed by atoms with E-state index in [1.54, 1.807) is 18.2 Å². The van der Waals surface area contributed by atoms with Crippen LogP contribution in [0, 0.1) is 0 Å². The number of hydrogen-bond donors (Lipinski definition) is 1. The molecule has 1 amide bonds. The van der Waals surface area contributed by atoms with Crippen LogP contribution in [0.1, 0.15) is 0 Å². The Morgan fingerprint density at radius 2 is 1.94 bits per heavy atom. The third-order valence-corrected chi connectivity index (χ3v) is 4.74. The molecule has 0 aliphatic carbocycles. The van der Waals surface area contributed by atoms with E-state index in [-0.39, 0.29) is 31.4 Å². The molecule has 1 fully saturated rings. The van der Waals surface area contributed by atoms with Gasteiger partial charge in [0.25, 0.3) is 5.88 Å². The van der Waals surface area contributed by atoms with Crippen molar-refractivity contribution in [2.45, 2.75) is 12.4 Å². The summed E-state index contributed by atoms with van der Waals surface area (Å²) >= 11 is 0. The van der Waals surface area contributed by atoms with Gasteiger partial charge in [-0.15, -0.1) is 13.2 Å². The number of carboxylic acid groups (broad SMARTS) is 1. The molecule has 2 heterocycles. The zero-order valence-electron chi connectivity index (χ0n) is 16.0. The van der Waals surface area contributed by atoms with Gasteiger partial charge in [-0.25, -0.2) is 4.79 Å². The van der Waals surface area contributed by atoms with E-state index < -0.39 is 18.5 Å². The molecule has 1 unspecified atom stereocenters. The largest absolute Gasteiger partial charge is 0.573 e. The second-order valence-corrected chi connectivity index (χ2v) is 6.79. The highest BCUT2D eigenvalue weighted by atomic mass is 19.4. The topological polar surface area (TPSA) is 94.3 Å². The van der Waals surface area contributed by atoms with Crippen LogP contribution < -0.4 is 9.47 Å². The number of benzene rings is 2. The van der Waals surface area contributed by atoms with Gasteiger partial charge in [0, 0.05) is 6.54 Å².